The monoisotopic (exact) mass is 321 g/mol. The Balaban J connectivity index is 2.76. The van der Waals surface area contributed by atoms with Gasteiger partial charge in [-0.25, -0.2) is 9.52 Å². The minimum Gasteiger partial charge on any atom is -0.444 e. The average molecular weight is 321 g/mol. The van der Waals surface area contributed by atoms with Crippen LogP contribution >= 0.6 is 0 Å². The van der Waals surface area contributed by atoms with Gasteiger partial charge in [-0.3, -0.25) is 0 Å². The number of hydrogen-bond donors (Lipinski definition) is 2. The molecule has 1 atom stereocenters. The fourth-order valence-electron chi connectivity index (χ4n) is 1.89. The van der Waals surface area contributed by atoms with Gasteiger partial charge in [0, 0.05) is 19.6 Å². The van der Waals surface area contributed by atoms with Crippen molar-refractivity contribution in [2.75, 3.05) is 19.6 Å². The maximum absolute atomic E-state index is 11.9. The van der Waals surface area contributed by atoms with Crippen molar-refractivity contribution in [3.8, 4) is 0 Å². The highest BCUT2D eigenvalue weighted by molar-refractivity contribution is 7.87. The van der Waals surface area contributed by atoms with Crippen LogP contribution in [-0.2, 0) is 14.9 Å². The van der Waals surface area contributed by atoms with Gasteiger partial charge in [-0.05, 0) is 26.2 Å². The van der Waals surface area contributed by atoms with Gasteiger partial charge in [-0.15, -0.1) is 0 Å². The Morgan fingerprint density at radius 3 is 2.24 bits per heavy atom. The second-order valence-corrected chi connectivity index (χ2v) is 9.08. The second-order valence-electron chi connectivity index (χ2n) is 7.32. The van der Waals surface area contributed by atoms with Crippen molar-refractivity contribution in [1.82, 2.24) is 14.3 Å². The standard InChI is InChI=1S/C13H27N3O4S/c1-12(2,3)10(15-11(17)20-13(4,5)6)9-16-8-7-14-21(16,18)19/h10,14H,7-9H2,1-6H3,(H,15,17)/t10-/m1/s1. The molecule has 0 radical (unpaired) electrons. The molecule has 0 spiro atoms. The number of alkyl carbamates (subject to hydrolysis) is 1. The zero-order chi connectivity index (χ0) is 16.5. The molecule has 0 unspecified atom stereocenters. The van der Waals surface area contributed by atoms with Crippen molar-refractivity contribution < 1.29 is 17.9 Å². The maximum atomic E-state index is 11.9. The van der Waals surface area contributed by atoms with Crippen molar-refractivity contribution in [3.63, 3.8) is 0 Å². The molecule has 1 amide bonds. The molecule has 124 valence electrons. The minimum atomic E-state index is -3.42. The van der Waals surface area contributed by atoms with Crippen LogP contribution in [0.4, 0.5) is 4.79 Å². The van der Waals surface area contributed by atoms with Crippen molar-refractivity contribution in [2.24, 2.45) is 5.41 Å². The predicted octanol–water partition coefficient (Wildman–Crippen LogP) is 1.08. The van der Waals surface area contributed by atoms with Crippen LogP contribution in [0.1, 0.15) is 41.5 Å². The third-order valence-corrected chi connectivity index (χ3v) is 4.69. The summed E-state index contributed by atoms with van der Waals surface area (Å²) in [5.74, 6) is 0. The van der Waals surface area contributed by atoms with Crippen LogP contribution in [0.5, 0.6) is 0 Å². The highest BCUT2D eigenvalue weighted by Crippen LogP contribution is 2.22. The largest absolute Gasteiger partial charge is 0.444 e. The Morgan fingerprint density at radius 1 is 1.29 bits per heavy atom. The molecule has 1 rings (SSSR count). The quantitative estimate of drug-likeness (QED) is 0.814. The molecule has 2 N–H and O–H groups in total. The van der Waals surface area contributed by atoms with Gasteiger partial charge >= 0.3 is 6.09 Å². The Kier molecular flexibility index (Phi) is 5.28. The average Bonchev–Trinajstić information content (AvgIpc) is 2.53. The summed E-state index contributed by atoms with van der Waals surface area (Å²) in [6.45, 7) is 12.2. The zero-order valence-electron chi connectivity index (χ0n) is 13.7. The van der Waals surface area contributed by atoms with Crippen molar-refractivity contribution in [1.29, 1.82) is 0 Å². The lowest BCUT2D eigenvalue weighted by Crippen LogP contribution is -2.52. The Hall–Kier alpha value is -0.860. The van der Waals surface area contributed by atoms with Crippen molar-refractivity contribution in [3.05, 3.63) is 0 Å². The molecular formula is C13H27N3O4S. The number of carbonyl (C=O) groups is 1. The van der Waals surface area contributed by atoms with Crippen LogP contribution in [-0.4, -0.2) is 50.1 Å². The number of hydrogen-bond acceptors (Lipinski definition) is 4. The van der Waals surface area contributed by atoms with Crippen LogP contribution in [0.2, 0.25) is 0 Å². The number of rotatable bonds is 3. The highest BCUT2D eigenvalue weighted by atomic mass is 32.2. The smallest absolute Gasteiger partial charge is 0.407 e. The van der Waals surface area contributed by atoms with Crippen LogP contribution < -0.4 is 10.0 Å². The fourth-order valence-corrected chi connectivity index (χ4v) is 3.10. The van der Waals surface area contributed by atoms with Gasteiger partial charge < -0.3 is 10.1 Å². The third kappa shape index (κ3) is 5.80. The SMILES string of the molecule is CC(C)(C)OC(=O)N[C@H](CN1CCNS1(=O)=O)C(C)(C)C. The molecule has 0 aromatic carbocycles. The molecule has 0 aliphatic carbocycles. The van der Waals surface area contributed by atoms with Crippen LogP contribution in [0.25, 0.3) is 0 Å². The van der Waals surface area contributed by atoms with E-state index >= 15 is 0 Å². The van der Waals surface area contributed by atoms with Crippen LogP contribution in [0.15, 0.2) is 0 Å². The highest BCUT2D eigenvalue weighted by Gasteiger charge is 2.35. The first-order valence-electron chi connectivity index (χ1n) is 7.05. The number of carbonyl (C=O) groups excluding carboxylic acids is 1. The van der Waals surface area contributed by atoms with Crippen molar-refractivity contribution in [2.45, 2.75) is 53.2 Å². The second kappa shape index (κ2) is 6.10. The van der Waals surface area contributed by atoms with E-state index in [-0.39, 0.29) is 18.0 Å². The molecular weight excluding hydrogens is 294 g/mol. The number of amides is 1. The number of nitrogens with zero attached hydrogens (tertiary/aromatic N) is 1. The van der Waals surface area contributed by atoms with Gasteiger partial charge in [-0.2, -0.15) is 12.7 Å². The predicted molar refractivity (Wildman–Crippen MR) is 81.1 cm³/mol. The van der Waals surface area contributed by atoms with E-state index in [1.807, 2.05) is 20.8 Å². The molecule has 1 aliphatic rings. The third-order valence-electron chi connectivity index (χ3n) is 3.11. The minimum absolute atomic E-state index is 0.220. The van der Waals surface area contributed by atoms with E-state index in [9.17, 15) is 13.2 Å². The Labute approximate surface area is 127 Å². The van der Waals surface area contributed by atoms with E-state index in [1.54, 1.807) is 20.8 Å². The summed E-state index contributed by atoms with van der Waals surface area (Å²) in [5.41, 5.74) is -0.886. The molecule has 1 saturated heterocycles. The molecule has 1 aliphatic heterocycles. The van der Waals surface area contributed by atoms with Gasteiger partial charge in [0.2, 0.25) is 0 Å². The van der Waals surface area contributed by atoms with E-state index in [0.29, 0.717) is 13.1 Å². The van der Waals surface area contributed by atoms with Crippen LogP contribution in [0, 0.1) is 5.41 Å². The molecule has 21 heavy (non-hydrogen) atoms. The lowest BCUT2D eigenvalue weighted by atomic mass is 9.86. The summed E-state index contributed by atoms with van der Waals surface area (Å²) in [5, 5.41) is 2.78. The molecule has 1 heterocycles. The first-order chi connectivity index (χ1) is 9.31. The summed E-state index contributed by atoms with van der Waals surface area (Å²) < 4.78 is 32.7. The summed E-state index contributed by atoms with van der Waals surface area (Å²) in [6.07, 6.45) is -0.535. The first kappa shape index (κ1) is 18.2. The fraction of sp³-hybridized carbons (Fsp3) is 0.923. The van der Waals surface area contributed by atoms with Gasteiger partial charge in [0.1, 0.15) is 5.60 Å². The first-order valence-corrected chi connectivity index (χ1v) is 8.49. The van der Waals surface area contributed by atoms with E-state index in [1.165, 1.54) is 4.31 Å². The lowest BCUT2D eigenvalue weighted by molar-refractivity contribution is 0.0454. The van der Waals surface area contributed by atoms with E-state index in [2.05, 4.69) is 10.0 Å². The number of ether oxygens (including phenoxy) is 1. The molecule has 0 bridgehead atoms. The van der Waals surface area contributed by atoms with Gasteiger partial charge in [0.25, 0.3) is 10.2 Å². The Bertz CT molecular complexity index is 477. The molecule has 0 saturated carbocycles. The maximum Gasteiger partial charge on any atom is 0.407 e. The summed E-state index contributed by atoms with van der Waals surface area (Å²) in [6, 6.07) is -0.345. The lowest BCUT2D eigenvalue weighted by Gasteiger charge is -2.34. The van der Waals surface area contributed by atoms with Gasteiger partial charge in [0.05, 0.1) is 6.04 Å². The number of nitrogens with one attached hydrogen (secondary N) is 2. The van der Waals surface area contributed by atoms with E-state index in [0.717, 1.165) is 0 Å². The van der Waals surface area contributed by atoms with E-state index < -0.39 is 21.9 Å². The van der Waals surface area contributed by atoms with Crippen molar-refractivity contribution >= 4 is 16.3 Å². The summed E-state index contributed by atoms with van der Waals surface area (Å²) in [4.78, 5) is 11.9. The Morgan fingerprint density at radius 2 is 1.86 bits per heavy atom. The van der Waals surface area contributed by atoms with E-state index in [4.69, 9.17) is 4.74 Å². The summed E-state index contributed by atoms with van der Waals surface area (Å²) >= 11 is 0. The molecule has 0 aromatic rings. The normalized spacial score (nSPS) is 21.0. The molecule has 7 nitrogen and oxygen atoms in total. The molecule has 1 fully saturated rings. The zero-order valence-corrected chi connectivity index (χ0v) is 14.5. The molecule has 8 heteroatoms. The van der Waals surface area contributed by atoms with Crippen LogP contribution in [0.3, 0.4) is 0 Å². The van der Waals surface area contributed by atoms with Gasteiger partial charge in [-0.1, -0.05) is 20.8 Å². The summed E-state index contributed by atoms with van der Waals surface area (Å²) in [7, 11) is -3.42. The van der Waals surface area contributed by atoms with Gasteiger partial charge in [0.15, 0.2) is 0 Å². The topological polar surface area (TPSA) is 87.7 Å². The molecule has 0 aromatic heterocycles.